The Bertz CT molecular complexity index is 835. The summed E-state index contributed by atoms with van der Waals surface area (Å²) >= 11 is 5.81. The van der Waals surface area contributed by atoms with Crippen molar-refractivity contribution in [3.63, 3.8) is 0 Å². The number of nitrogens with zero attached hydrogens (tertiary/aromatic N) is 3. The van der Waals surface area contributed by atoms with Crippen LogP contribution in [0.25, 0.3) is 0 Å². The first kappa shape index (κ1) is 19.5. The summed E-state index contributed by atoms with van der Waals surface area (Å²) in [4.78, 5) is 14.0. The molecule has 2 aromatic carbocycles. The van der Waals surface area contributed by atoms with Crippen LogP contribution in [-0.2, 0) is 12.4 Å². The summed E-state index contributed by atoms with van der Waals surface area (Å²) in [6.07, 6.45) is 0. The molecule has 0 spiro atoms. The quantitative estimate of drug-likeness (QED) is 0.429. The smallest absolute Gasteiger partial charge is 0.308 e. The Morgan fingerprint density at radius 2 is 1.96 bits per heavy atom. The average Bonchev–Trinajstić information content (AvgIpc) is 2.65. The Morgan fingerprint density at radius 3 is 2.56 bits per heavy atom. The van der Waals surface area contributed by atoms with Crippen LogP contribution in [0.15, 0.2) is 36.4 Å². The second-order valence-corrected chi connectivity index (χ2v) is 6.93. The maximum absolute atomic E-state index is 14.6. The van der Waals surface area contributed by atoms with Gasteiger partial charge in [0.1, 0.15) is 0 Å². The van der Waals surface area contributed by atoms with Gasteiger partial charge in [-0.2, -0.15) is 4.39 Å². The molecule has 5 nitrogen and oxygen atoms in total. The predicted molar refractivity (Wildman–Crippen MR) is 101 cm³/mol. The third kappa shape index (κ3) is 4.04. The summed E-state index contributed by atoms with van der Waals surface area (Å²) < 4.78 is 29.1. The van der Waals surface area contributed by atoms with Crippen LogP contribution in [0.2, 0.25) is 0 Å². The molecule has 27 heavy (non-hydrogen) atoms. The third-order valence-electron chi connectivity index (χ3n) is 4.91. The number of anilines is 1. The molecule has 1 atom stereocenters. The summed E-state index contributed by atoms with van der Waals surface area (Å²) in [7, 11) is 0. The maximum Gasteiger partial charge on any atom is 0.308 e. The van der Waals surface area contributed by atoms with E-state index in [-0.39, 0.29) is 23.2 Å². The maximum atomic E-state index is 14.6. The van der Waals surface area contributed by atoms with Crippen LogP contribution < -0.4 is 4.90 Å². The summed E-state index contributed by atoms with van der Waals surface area (Å²) in [5.41, 5.74) is 0.167. The highest BCUT2D eigenvalue weighted by atomic mass is 35.5. The van der Waals surface area contributed by atoms with Crippen molar-refractivity contribution in [2.45, 2.75) is 25.4 Å². The number of halogens is 3. The third-order valence-corrected chi connectivity index (χ3v) is 5.17. The zero-order valence-corrected chi connectivity index (χ0v) is 15.6. The van der Waals surface area contributed by atoms with Crippen molar-refractivity contribution in [3.8, 4) is 0 Å². The first-order valence-electron chi connectivity index (χ1n) is 8.66. The molecule has 0 bridgehead atoms. The van der Waals surface area contributed by atoms with Crippen molar-refractivity contribution in [3.05, 3.63) is 69.3 Å². The molecule has 1 saturated heterocycles. The minimum atomic E-state index is -1.06. The van der Waals surface area contributed by atoms with Crippen molar-refractivity contribution in [1.29, 1.82) is 0 Å². The zero-order valence-electron chi connectivity index (χ0n) is 14.9. The van der Waals surface area contributed by atoms with E-state index in [0.717, 1.165) is 6.54 Å². The molecule has 3 rings (SSSR count). The number of rotatable bonds is 5. The van der Waals surface area contributed by atoms with E-state index in [9.17, 15) is 18.9 Å². The molecule has 1 heterocycles. The lowest BCUT2D eigenvalue weighted by molar-refractivity contribution is -0.387. The van der Waals surface area contributed by atoms with Gasteiger partial charge in [0.05, 0.1) is 22.6 Å². The van der Waals surface area contributed by atoms with Gasteiger partial charge in [-0.3, -0.25) is 15.0 Å². The number of hydrogen-bond donors (Lipinski definition) is 0. The van der Waals surface area contributed by atoms with Gasteiger partial charge in [-0.05, 0) is 12.5 Å². The molecule has 1 fully saturated rings. The molecule has 8 heteroatoms. The lowest BCUT2D eigenvalue weighted by Gasteiger charge is -2.41. The van der Waals surface area contributed by atoms with Crippen LogP contribution in [0, 0.1) is 21.7 Å². The van der Waals surface area contributed by atoms with Crippen molar-refractivity contribution in [2.24, 2.45) is 0 Å². The van der Waals surface area contributed by atoms with E-state index in [1.54, 1.807) is 4.90 Å². The zero-order chi connectivity index (χ0) is 19.6. The van der Waals surface area contributed by atoms with E-state index >= 15 is 0 Å². The van der Waals surface area contributed by atoms with Gasteiger partial charge in [-0.25, -0.2) is 4.39 Å². The molecule has 144 valence electrons. The number of alkyl halides is 1. The molecule has 0 N–H and O–H groups in total. The van der Waals surface area contributed by atoms with Crippen LogP contribution in [0.4, 0.5) is 20.2 Å². The highest BCUT2D eigenvalue weighted by Gasteiger charge is 2.31. The van der Waals surface area contributed by atoms with Crippen LogP contribution in [0.5, 0.6) is 0 Å². The van der Waals surface area contributed by atoms with Gasteiger partial charge in [0.2, 0.25) is 5.82 Å². The van der Waals surface area contributed by atoms with Crippen LogP contribution in [0.1, 0.15) is 18.1 Å². The average molecular weight is 396 g/mol. The van der Waals surface area contributed by atoms with Crippen LogP contribution >= 0.6 is 11.6 Å². The Morgan fingerprint density at radius 1 is 1.26 bits per heavy atom. The normalized spacial score (nSPS) is 17.9. The highest BCUT2D eigenvalue weighted by Crippen LogP contribution is 2.35. The van der Waals surface area contributed by atoms with Gasteiger partial charge in [-0.15, -0.1) is 11.6 Å². The minimum absolute atomic E-state index is 0.0271. The van der Waals surface area contributed by atoms with Crippen LogP contribution in [-0.4, -0.2) is 35.5 Å². The lowest BCUT2D eigenvalue weighted by Crippen LogP contribution is -2.52. The molecule has 1 aliphatic rings. The molecular weight excluding hydrogens is 376 g/mol. The van der Waals surface area contributed by atoms with E-state index in [1.807, 2.05) is 25.1 Å². The van der Waals surface area contributed by atoms with Crippen molar-refractivity contribution < 1.29 is 13.7 Å². The van der Waals surface area contributed by atoms with Gasteiger partial charge in [-0.1, -0.05) is 30.3 Å². The standard InChI is InChI=1S/C19H20ClF2N3O2/c1-13-11-24(8-7-23(13)12-14-5-3-2-4-6-14)19-15(10-20)18(22)17(25(26)27)9-16(19)21/h2-6,9,13H,7-8,10-12H2,1H3. The Kier molecular flexibility index (Phi) is 5.92. The Balaban J connectivity index is 1.83. The van der Waals surface area contributed by atoms with E-state index in [1.165, 1.54) is 5.56 Å². The topological polar surface area (TPSA) is 49.6 Å². The molecule has 1 aliphatic heterocycles. The van der Waals surface area contributed by atoms with E-state index in [0.29, 0.717) is 25.7 Å². The largest absolute Gasteiger partial charge is 0.366 e. The fraction of sp³-hybridized carbons (Fsp3) is 0.368. The molecule has 0 saturated carbocycles. The SMILES string of the molecule is CC1CN(c2c(F)cc([N+](=O)[O-])c(F)c2CCl)CCN1Cc1ccccc1. The minimum Gasteiger partial charge on any atom is -0.366 e. The van der Waals surface area contributed by atoms with Crippen molar-refractivity contribution in [1.82, 2.24) is 4.90 Å². The molecule has 0 aliphatic carbocycles. The summed E-state index contributed by atoms with van der Waals surface area (Å²) in [5, 5.41) is 10.9. The number of benzene rings is 2. The summed E-state index contributed by atoms with van der Waals surface area (Å²) in [6, 6.07) is 10.8. The fourth-order valence-corrected chi connectivity index (χ4v) is 3.75. The molecule has 0 aromatic heterocycles. The molecule has 2 aromatic rings. The molecule has 0 amide bonds. The lowest BCUT2D eigenvalue weighted by atomic mass is 10.1. The van der Waals surface area contributed by atoms with Crippen LogP contribution in [0.3, 0.4) is 0 Å². The predicted octanol–water partition coefficient (Wildman–Crippen LogP) is 4.32. The van der Waals surface area contributed by atoms with Gasteiger partial charge in [0.15, 0.2) is 5.82 Å². The number of nitro benzene ring substituents is 1. The molecule has 0 radical (unpaired) electrons. The highest BCUT2D eigenvalue weighted by molar-refractivity contribution is 6.17. The molecular formula is C19H20ClF2N3O2. The number of hydrogen-bond acceptors (Lipinski definition) is 4. The first-order valence-corrected chi connectivity index (χ1v) is 9.20. The van der Waals surface area contributed by atoms with E-state index < -0.39 is 22.2 Å². The first-order chi connectivity index (χ1) is 12.9. The fourth-order valence-electron chi connectivity index (χ4n) is 3.50. The van der Waals surface area contributed by atoms with Gasteiger partial charge < -0.3 is 4.90 Å². The number of nitro groups is 1. The summed E-state index contributed by atoms with van der Waals surface area (Å²) in [5.74, 6) is -2.22. The van der Waals surface area contributed by atoms with Gasteiger partial charge >= 0.3 is 5.69 Å². The van der Waals surface area contributed by atoms with Crippen molar-refractivity contribution in [2.75, 3.05) is 24.5 Å². The monoisotopic (exact) mass is 395 g/mol. The second-order valence-electron chi connectivity index (χ2n) is 6.66. The Labute approximate surface area is 161 Å². The Hall–Kier alpha value is -2.25. The van der Waals surface area contributed by atoms with E-state index in [2.05, 4.69) is 17.0 Å². The van der Waals surface area contributed by atoms with Crippen molar-refractivity contribution >= 4 is 23.0 Å². The molecule has 1 unspecified atom stereocenters. The van der Waals surface area contributed by atoms with Gasteiger partial charge in [0.25, 0.3) is 0 Å². The summed E-state index contributed by atoms with van der Waals surface area (Å²) in [6.45, 7) is 4.42. The van der Waals surface area contributed by atoms with Gasteiger partial charge in [0, 0.05) is 37.8 Å². The number of piperazine rings is 1. The van der Waals surface area contributed by atoms with E-state index in [4.69, 9.17) is 11.6 Å². The second kappa shape index (κ2) is 8.19.